The molecule has 0 bridgehead atoms. The van der Waals surface area contributed by atoms with Crippen molar-refractivity contribution in [2.45, 2.75) is 58.2 Å². The third-order valence-electron chi connectivity index (χ3n) is 3.08. The molecule has 0 saturated carbocycles. The van der Waals surface area contributed by atoms with Gasteiger partial charge in [-0.15, -0.1) is 0 Å². The number of rotatable bonds is 3. The van der Waals surface area contributed by atoms with Gasteiger partial charge in [0.2, 0.25) is 0 Å². The number of nitrogens with zero attached hydrogens (tertiary/aromatic N) is 1. The molecule has 1 rings (SSSR count). The Morgan fingerprint density at radius 1 is 1.46 bits per heavy atom. The van der Waals surface area contributed by atoms with Crippen LogP contribution in [0, 0.1) is 0 Å². The van der Waals surface area contributed by atoms with E-state index in [2.05, 4.69) is 25.7 Å². The zero-order chi connectivity index (χ0) is 9.90. The van der Waals surface area contributed by atoms with Crippen LogP contribution in [0.2, 0.25) is 0 Å². The SMILES string of the molecule is CCCC(C)(C)N1CCCC(F)C1. The standard InChI is InChI=1S/C11H22FN/c1-4-7-11(2,3)13-8-5-6-10(12)9-13/h10H,4-9H2,1-3H3. The third kappa shape index (κ3) is 2.94. The molecular weight excluding hydrogens is 165 g/mol. The van der Waals surface area contributed by atoms with E-state index in [1.165, 1.54) is 12.8 Å². The second-order valence-corrected chi connectivity index (χ2v) is 4.75. The number of halogens is 1. The van der Waals surface area contributed by atoms with Gasteiger partial charge in [-0.05, 0) is 39.7 Å². The quantitative estimate of drug-likeness (QED) is 0.656. The molecule has 78 valence electrons. The summed E-state index contributed by atoms with van der Waals surface area (Å²) in [6.45, 7) is 8.38. The van der Waals surface area contributed by atoms with Gasteiger partial charge in [-0.3, -0.25) is 4.90 Å². The van der Waals surface area contributed by atoms with Crippen molar-refractivity contribution >= 4 is 0 Å². The van der Waals surface area contributed by atoms with Gasteiger partial charge in [0.15, 0.2) is 0 Å². The van der Waals surface area contributed by atoms with Crippen LogP contribution in [0.3, 0.4) is 0 Å². The van der Waals surface area contributed by atoms with E-state index in [-0.39, 0.29) is 5.54 Å². The van der Waals surface area contributed by atoms with Crippen LogP contribution in [0.15, 0.2) is 0 Å². The van der Waals surface area contributed by atoms with Gasteiger partial charge in [0.1, 0.15) is 6.17 Å². The highest BCUT2D eigenvalue weighted by molar-refractivity contribution is 4.85. The first-order valence-electron chi connectivity index (χ1n) is 5.45. The first kappa shape index (κ1) is 11.0. The number of hydrogen-bond acceptors (Lipinski definition) is 1. The molecule has 0 aliphatic carbocycles. The fourth-order valence-electron chi connectivity index (χ4n) is 2.25. The van der Waals surface area contributed by atoms with E-state index in [4.69, 9.17) is 0 Å². The molecule has 1 aliphatic rings. The van der Waals surface area contributed by atoms with Gasteiger partial charge in [-0.2, -0.15) is 0 Å². The summed E-state index contributed by atoms with van der Waals surface area (Å²) < 4.78 is 13.2. The van der Waals surface area contributed by atoms with Crippen LogP contribution in [0.1, 0.15) is 46.5 Å². The Kier molecular flexibility index (Phi) is 3.72. The fraction of sp³-hybridized carbons (Fsp3) is 1.00. The van der Waals surface area contributed by atoms with Gasteiger partial charge >= 0.3 is 0 Å². The van der Waals surface area contributed by atoms with Crippen molar-refractivity contribution in [3.8, 4) is 0 Å². The molecule has 0 aromatic heterocycles. The van der Waals surface area contributed by atoms with E-state index in [0.717, 1.165) is 19.4 Å². The van der Waals surface area contributed by atoms with Crippen LogP contribution in [-0.4, -0.2) is 29.7 Å². The highest BCUT2D eigenvalue weighted by atomic mass is 19.1. The summed E-state index contributed by atoms with van der Waals surface area (Å²) in [6, 6.07) is 0. The summed E-state index contributed by atoms with van der Waals surface area (Å²) >= 11 is 0. The monoisotopic (exact) mass is 187 g/mol. The zero-order valence-corrected chi connectivity index (χ0v) is 9.15. The minimum atomic E-state index is -0.593. The van der Waals surface area contributed by atoms with Crippen molar-refractivity contribution in [1.82, 2.24) is 4.90 Å². The van der Waals surface area contributed by atoms with E-state index < -0.39 is 6.17 Å². The van der Waals surface area contributed by atoms with Crippen molar-refractivity contribution < 1.29 is 4.39 Å². The van der Waals surface area contributed by atoms with Crippen LogP contribution < -0.4 is 0 Å². The molecule has 0 spiro atoms. The van der Waals surface area contributed by atoms with Crippen LogP contribution >= 0.6 is 0 Å². The zero-order valence-electron chi connectivity index (χ0n) is 9.15. The molecule has 0 aromatic carbocycles. The van der Waals surface area contributed by atoms with Crippen molar-refractivity contribution in [3.05, 3.63) is 0 Å². The largest absolute Gasteiger partial charge is 0.295 e. The van der Waals surface area contributed by atoms with Gasteiger partial charge in [0.05, 0.1) is 0 Å². The number of alkyl halides is 1. The highest BCUT2D eigenvalue weighted by Crippen LogP contribution is 2.25. The molecule has 1 unspecified atom stereocenters. The van der Waals surface area contributed by atoms with Crippen molar-refractivity contribution in [2.75, 3.05) is 13.1 Å². The molecule has 0 aromatic rings. The molecule has 0 N–H and O–H groups in total. The average molecular weight is 187 g/mol. The number of likely N-dealkylation sites (tertiary alicyclic amines) is 1. The molecule has 13 heavy (non-hydrogen) atoms. The van der Waals surface area contributed by atoms with E-state index in [9.17, 15) is 4.39 Å². The predicted molar refractivity (Wildman–Crippen MR) is 54.7 cm³/mol. The summed E-state index contributed by atoms with van der Waals surface area (Å²) in [4.78, 5) is 2.31. The van der Waals surface area contributed by atoms with E-state index in [1.807, 2.05) is 0 Å². The lowest BCUT2D eigenvalue weighted by molar-refractivity contribution is 0.0463. The lowest BCUT2D eigenvalue weighted by atomic mass is 9.93. The predicted octanol–water partition coefficient (Wildman–Crippen LogP) is 3.00. The molecule has 1 saturated heterocycles. The molecule has 0 amide bonds. The van der Waals surface area contributed by atoms with Crippen molar-refractivity contribution in [2.24, 2.45) is 0 Å². The molecule has 1 heterocycles. The lowest BCUT2D eigenvalue weighted by Crippen LogP contribution is -2.49. The van der Waals surface area contributed by atoms with E-state index in [1.54, 1.807) is 0 Å². The summed E-state index contributed by atoms with van der Waals surface area (Å²) in [5.41, 5.74) is 0.194. The molecule has 2 heteroatoms. The maximum atomic E-state index is 13.2. The van der Waals surface area contributed by atoms with Crippen LogP contribution in [0.4, 0.5) is 4.39 Å². The van der Waals surface area contributed by atoms with E-state index >= 15 is 0 Å². The topological polar surface area (TPSA) is 3.24 Å². The summed E-state index contributed by atoms with van der Waals surface area (Å²) in [7, 11) is 0. The summed E-state index contributed by atoms with van der Waals surface area (Å²) in [6.07, 6.45) is 3.54. The van der Waals surface area contributed by atoms with Gasteiger partial charge in [-0.25, -0.2) is 4.39 Å². The Morgan fingerprint density at radius 2 is 2.15 bits per heavy atom. The third-order valence-corrected chi connectivity index (χ3v) is 3.08. The van der Waals surface area contributed by atoms with Gasteiger partial charge < -0.3 is 0 Å². The summed E-state index contributed by atoms with van der Waals surface area (Å²) in [5, 5.41) is 0. The fourth-order valence-corrected chi connectivity index (χ4v) is 2.25. The Labute approximate surface area is 81.3 Å². The molecule has 1 fully saturated rings. The Hall–Kier alpha value is -0.110. The molecule has 0 radical (unpaired) electrons. The second-order valence-electron chi connectivity index (χ2n) is 4.75. The Bertz CT molecular complexity index is 156. The average Bonchev–Trinajstić information content (AvgIpc) is 2.04. The highest BCUT2D eigenvalue weighted by Gasteiger charge is 2.30. The lowest BCUT2D eigenvalue weighted by Gasteiger charge is -2.42. The molecule has 1 aliphatic heterocycles. The Morgan fingerprint density at radius 3 is 2.69 bits per heavy atom. The van der Waals surface area contributed by atoms with E-state index in [0.29, 0.717) is 6.54 Å². The van der Waals surface area contributed by atoms with Gasteiger partial charge in [0.25, 0.3) is 0 Å². The maximum absolute atomic E-state index is 13.2. The smallest absolute Gasteiger partial charge is 0.113 e. The molecular formula is C11H22FN. The Balaban J connectivity index is 2.48. The minimum Gasteiger partial charge on any atom is -0.295 e. The minimum absolute atomic E-state index is 0.194. The van der Waals surface area contributed by atoms with Crippen molar-refractivity contribution in [1.29, 1.82) is 0 Å². The van der Waals surface area contributed by atoms with Crippen LogP contribution in [0.25, 0.3) is 0 Å². The first-order valence-corrected chi connectivity index (χ1v) is 5.45. The first-order chi connectivity index (χ1) is 6.06. The molecule has 1 atom stereocenters. The van der Waals surface area contributed by atoms with Gasteiger partial charge in [0, 0.05) is 12.1 Å². The second kappa shape index (κ2) is 4.41. The number of piperidine rings is 1. The van der Waals surface area contributed by atoms with Gasteiger partial charge in [-0.1, -0.05) is 13.3 Å². The maximum Gasteiger partial charge on any atom is 0.113 e. The number of hydrogen-bond donors (Lipinski definition) is 0. The molecule has 1 nitrogen and oxygen atoms in total. The van der Waals surface area contributed by atoms with Crippen LogP contribution in [-0.2, 0) is 0 Å². The van der Waals surface area contributed by atoms with Crippen molar-refractivity contribution in [3.63, 3.8) is 0 Å². The van der Waals surface area contributed by atoms with Crippen LogP contribution in [0.5, 0.6) is 0 Å². The summed E-state index contributed by atoms with van der Waals surface area (Å²) in [5.74, 6) is 0. The normalized spacial score (nSPS) is 26.3.